The Morgan fingerprint density at radius 1 is 1.25 bits per heavy atom. The Labute approximate surface area is 125 Å². The second-order valence-corrected chi connectivity index (χ2v) is 7.84. The summed E-state index contributed by atoms with van der Waals surface area (Å²) in [4.78, 5) is 1.69. The van der Waals surface area contributed by atoms with Gasteiger partial charge in [0.1, 0.15) is 10.0 Å². The molecule has 0 fully saturated rings. The van der Waals surface area contributed by atoms with Crippen molar-refractivity contribution < 1.29 is 12.8 Å². The Morgan fingerprint density at radius 2 is 1.95 bits per heavy atom. The van der Waals surface area contributed by atoms with Gasteiger partial charge in [-0.1, -0.05) is 11.6 Å². The highest BCUT2D eigenvalue weighted by Crippen LogP contribution is 2.31. The van der Waals surface area contributed by atoms with E-state index in [1.807, 2.05) is 0 Å². The van der Waals surface area contributed by atoms with Crippen LogP contribution in [-0.2, 0) is 10.0 Å². The molecule has 0 atom stereocenters. The van der Waals surface area contributed by atoms with Crippen LogP contribution in [0.15, 0.2) is 34.5 Å². The smallest absolute Gasteiger partial charge is 0.271 e. The molecule has 0 aliphatic carbocycles. The summed E-state index contributed by atoms with van der Waals surface area (Å²) in [5.41, 5.74) is 0.747. The minimum Gasteiger partial charge on any atom is -0.376 e. The topological polar surface area (TPSA) is 49.4 Å². The van der Waals surface area contributed by atoms with Gasteiger partial charge in [0, 0.05) is 20.2 Å². The van der Waals surface area contributed by atoms with Crippen LogP contribution in [-0.4, -0.2) is 22.5 Å². The number of benzene rings is 1. The number of hydrogen-bond acceptors (Lipinski definition) is 4. The van der Waals surface area contributed by atoms with E-state index in [1.54, 1.807) is 19.0 Å². The maximum atomic E-state index is 13.3. The Hall–Kier alpha value is -1.31. The first kappa shape index (κ1) is 15.1. The van der Waals surface area contributed by atoms with Crippen molar-refractivity contribution in [3.63, 3.8) is 0 Å². The van der Waals surface area contributed by atoms with E-state index in [0.717, 1.165) is 17.4 Å². The molecule has 0 aliphatic rings. The zero-order valence-electron chi connectivity index (χ0n) is 10.7. The van der Waals surface area contributed by atoms with Gasteiger partial charge in [-0.25, -0.2) is 12.8 Å². The molecule has 0 unspecified atom stereocenters. The van der Waals surface area contributed by atoms with E-state index < -0.39 is 15.8 Å². The van der Waals surface area contributed by atoms with Crippen LogP contribution in [0, 0.1) is 5.82 Å². The molecule has 0 spiro atoms. The third kappa shape index (κ3) is 3.23. The highest BCUT2D eigenvalue weighted by atomic mass is 35.5. The average Bonchev–Trinajstić information content (AvgIpc) is 2.75. The highest BCUT2D eigenvalue weighted by molar-refractivity contribution is 7.94. The largest absolute Gasteiger partial charge is 0.376 e. The van der Waals surface area contributed by atoms with Crippen LogP contribution in [0.4, 0.5) is 15.8 Å². The summed E-state index contributed by atoms with van der Waals surface area (Å²) in [6.45, 7) is 0. The maximum absolute atomic E-state index is 13.3. The Balaban J connectivity index is 2.41. The molecular formula is C12H12ClFN2O2S2. The molecule has 0 amide bonds. The highest BCUT2D eigenvalue weighted by Gasteiger charge is 2.19. The van der Waals surface area contributed by atoms with Crippen molar-refractivity contribution >= 4 is 44.3 Å². The Morgan fingerprint density at radius 3 is 2.50 bits per heavy atom. The number of nitrogens with zero attached hydrogens (tertiary/aromatic N) is 1. The summed E-state index contributed by atoms with van der Waals surface area (Å²) in [5, 5.41) is 0. The van der Waals surface area contributed by atoms with Gasteiger partial charge in [0.25, 0.3) is 10.0 Å². The SMILES string of the molecule is CN(C)c1ccc(F)cc1NS(=O)(=O)c1ccc(Cl)s1. The first-order valence-electron chi connectivity index (χ1n) is 5.54. The van der Waals surface area contributed by atoms with Gasteiger partial charge in [0.15, 0.2) is 0 Å². The lowest BCUT2D eigenvalue weighted by Gasteiger charge is -2.18. The predicted octanol–water partition coefficient (Wildman–Crippen LogP) is 3.41. The van der Waals surface area contributed by atoms with Crippen LogP contribution in [0.25, 0.3) is 0 Å². The molecule has 2 rings (SSSR count). The molecule has 1 N–H and O–H groups in total. The van der Waals surface area contributed by atoms with Crippen LogP contribution in [0.5, 0.6) is 0 Å². The lowest BCUT2D eigenvalue weighted by molar-refractivity contribution is 0.603. The molecule has 2 aromatic rings. The summed E-state index contributed by atoms with van der Waals surface area (Å²) in [6.07, 6.45) is 0. The maximum Gasteiger partial charge on any atom is 0.271 e. The molecule has 0 radical (unpaired) electrons. The fourth-order valence-corrected chi connectivity index (χ4v) is 4.17. The first-order valence-corrected chi connectivity index (χ1v) is 8.22. The van der Waals surface area contributed by atoms with E-state index in [9.17, 15) is 12.8 Å². The van der Waals surface area contributed by atoms with Crippen LogP contribution in [0.2, 0.25) is 4.34 Å². The van der Waals surface area contributed by atoms with Crippen LogP contribution < -0.4 is 9.62 Å². The number of nitrogens with one attached hydrogen (secondary N) is 1. The molecule has 1 heterocycles. The van der Waals surface area contributed by atoms with Gasteiger partial charge in [-0.3, -0.25) is 4.72 Å². The molecule has 1 aromatic heterocycles. The van der Waals surface area contributed by atoms with Crippen LogP contribution >= 0.6 is 22.9 Å². The minimum atomic E-state index is -3.77. The number of hydrogen-bond donors (Lipinski definition) is 1. The minimum absolute atomic E-state index is 0.0801. The zero-order chi connectivity index (χ0) is 14.9. The van der Waals surface area contributed by atoms with E-state index in [0.29, 0.717) is 10.0 Å². The van der Waals surface area contributed by atoms with Gasteiger partial charge in [-0.2, -0.15) is 0 Å². The van der Waals surface area contributed by atoms with E-state index in [4.69, 9.17) is 11.6 Å². The van der Waals surface area contributed by atoms with Gasteiger partial charge < -0.3 is 4.90 Å². The fourth-order valence-electron chi connectivity index (χ4n) is 1.62. The monoisotopic (exact) mass is 334 g/mol. The molecule has 4 nitrogen and oxygen atoms in total. The molecule has 0 aliphatic heterocycles. The molecule has 1 aromatic carbocycles. The van der Waals surface area contributed by atoms with Crippen LogP contribution in [0.1, 0.15) is 0 Å². The van der Waals surface area contributed by atoms with E-state index >= 15 is 0 Å². The van der Waals surface area contributed by atoms with Crippen molar-refractivity contribution in [2.24, 2.45) is 0 Å². The Kier molecular flexibility index (Phi) is 4.22. The summed E-state index contributed by atoms with van der Waals surface area (Å²) < 4.78 is 40.6. The second kappa shape index (κ2) is 5.59. The molecule has 108 valence electrons. The predicted molar refractivity (Wildman–Crippen MR) is 80.9 cm³/mol. The summed E-state index contributed by atoms with van der Waals surface area (Å²) in [5.74, 6) is -0.516. The number of thiophene rings is 1. The quantitative estimate of drug-likeness (QED) is 0.932. The van der Waals surface area contributed by atoms with E-state index in [2.05, 4.69) is 4.72 Å². The lowest BCUT2D eigenvalue weighted by atomic mass is 10.2. The molecule has 8 heteroatoms. The van der Waals surface area contributed by atoms with Gasteiger partial charge in [-0.15, -0.1) is 11.3 Å². The van der Waals surface area contributed by atoms with Crippen molar-refractivity contribution in [1.82, 2.24) is 0 Å². The second-order valence-electron chi connectivity index (χ2n) is 4.22. The molecule has 0 saturated heterocycles. The van der Waals surface area contributed by atoms with E-state index in [-0.39, 0.29) is 9.90 Å². The van der Waals surface area contributed by atoms with Crippen molar-refractivity contribution in [1.29, 1.82) is 0 Å². The van der Waals surface area contributed by atoms with Gasteiger partial charge in [0.2, 0.25) is 0 Å². The first-order chi connectivity index (χ1) is 9.29. The van der Waals surface area contributed by atoms with Gasteiger partial charge in [0.05, 0.1) is 15.7 Å². The number of halogens is 2. The summed E-state index contributed by atoms with van der Waals surface area (Å²) in [7, 11) is -0.288. The van der Waals surface area contributed by atoms with E-state index in [1.165, 1.54) is 24.3 Å². The number of rotatable bonds is 4. The fraction of sp³-hybridized carbons (Fsp3) is 0.167. The molecule has 20 heavy (non-hydrogen) atoms. The average molecular weight is 335 g/mol. The van der Waals surface area contributed by atoms with Crippen LogP contribution in [0.3, 0.4) is 0 Å². The standard InChI is InChI=1S/C12H12ClFN2O2S2/c1-16(2)10-4-3-8(14)7-9(10)15-20(17,18)12-6-5-11(13)19-12/h3-7,15H,1-2H3. The van der Waals surface area contributed by atoms with Crippen molar-refractivity contribution in [2.75, 3.05) is 23.7 Å². The van der Waals surface area contributed by atoms with Crippen molar-refractivity contribution in [2.45, 2.75) is 4.21 Å². The number of sulfonamides is 1. The summed E-state index contributed by atoms with van der Waals surface area (Å²) >= 11 is 6.67. The normalized spacial score (nSPS) is 11.4. The summed E-state index contributed by atoms with van der Waals surface area (Å²) in [6, 6.07) is 6.83. The van der Waals surface area contributed by atoms with Crippen molar-refractivity contribution in [3.8, 4) is 0 Å². The van der Waals surface area contributed by atoms with Gasteiger partial charge >= 0.3 is 0 Å². The molecular weight excluding hydrogens is 323 g/mol. The third-order valence-corrected chi connectivity index (χ3v) is 5.59. The number of anilines is 2. The lowest BCUT2D eigenvalue weighted by Crippen LogP contribution is -2.16. The Bertz CT molecular complexity index is 729. The van der Waals surface area contributed by atoms with Crippen molar-refractivity contribution in [3.05, 3.63) is 40.5 Å². The molecule has 0 saturated carbocycles. The third-order valence-electron chi connectivity index (χ3n) is 2.50. The zero-order valence-corrected chi connectivity index (χ0v) is 13.1. The molecule has 0 bridgehead atoms. The van der Waals surface area contributed by atoms with Gasteiger partial charge in [-0.05, 0) is 24.3 Å².